The topological polar surface area (TPSA) is 104 Å². The van der Waals surface area contributed by atoms with Gasteiger partial charge in [-0.15, -0.1) is 11.6 Å². The second-order valence-corrected chi connectivity index (χ2v) is 7.62. The van der Waals surface area contributed by atoms with E-state index in [1.54, 1.807) is 6.92 Å². The molecule has 0 amide bonds. The van der Waals surface area contributed by atoms with Crippen LogP contribution in [-0.4, -0.2) is 56.9 Å². The number of aliphatic hydroxyl groups is 3. The molecule has 2 aliphatic carbocycles. The molecule has 6 nitrogen and oxygen atoms in total. The first-order valence-electron chi connectivity index (χ1n) is 8.16. The van der Waals surface area contributed by atoms with Gasteiger partial charge in [-0.05, 0) is 26.2 Å². The monoisotopic (exact) mass is 346 g/mol. The standard InChI is InChI=1S/C16H23ClO6/c1-15-9(5-6-17)11(19)7-16(15,14(22)23-15)13(21)8-3-2-4-10(18)12(8)20/h8-10,12-13,18,20-21H,2-7H2,1H3/t8-,9-,10?,12?,13-,15-,16+/m0/s1. The van der Waals surface area contributed by atoms with Gasteiger partial charge in [0.05, 0.1) is 24.2 Å². The van der Waals surface area contributed by atoms with Crippen LogP contribution < -0.4 is 0 Å². The number of ether oxygens (including phenoxy) is 1. The van der Waals surface area contributed by atoms with E-state index in [0.29, 0.717) is 25.7 Å². The first kappa shape index (κ1) is 17.1. The molecule has 1 heterocycles. The van der Waals surface area contributed by atoms with E-state index >= 15 is 0 Å². The van der Waals surface area contributed by atoms with Crippen LogP contribution in [0.5, 0.6) is 0 Å². The molecule has 0 spiro atoms. The summed E-state index contributed by atoms with van der Waals surface area (Å²) in [5.41, 5.74) is -2.42. The largest absolute Gasteiger partial charge is 0.457 e. The quantitative estimate of drug-likeness (QED) is 0.502. The lowest BCUT2D eigenvalue weighted by molar-refractivity contribution is -0.270. The molecule has 23 heavy (non-hydrogen) atoms. The van der Waals surface area contributed by atoms with Gasteiger partial charge >= 0.3 is 5.97 Å². The molecule has 2 saturated carbocycles. The second kappa shape index (κ2) is 5.69. The lowest BCUT2D eigenvalue weighted by atomic mass is 9.59. The molecule has 1 saturated heterocycles. The zero-order valence-corrected chi connectivity index (χ0v) is 13.8. The molecule has 0 aromatic carbocycles. The summed E-state index contributed by atoms with van der Waals surface area (Å²) in [5.74, 6) is -1.64. The highest BCUT2D eigenvalue weighted by molar-refractivity contribution is 6.18. The average Bonchev–Trinajstić information content (AvgIpc) is 2.67. The van der Waals surface area contributed by atoms with Gasteiger partial charge in [-0.25, -0.2) is 0 Å². The number of carbonyl (C=O) groups is 2. The molecule has 130 valence electrons. The third-order valence-corrected chi connectivity index (χ3v) is 6.46. The third kappa shape index (κ3) is 2.11. The Bertz CT molecular complexity index is 525. The number of alkyl halides is 1. The minimum atomic E-state index is -1.33. The van der Waals surface area contributed by atoms with Crippen molar-refractivity contribution in [2.75, 3.05) is 5.88 Å². The fourth-order valence-electron chi connectivity index (χ4n) is 4.83. The minimum absolute atomic E-state index is 0.0929. The number of Topliss-reactive ketones (excluding diaryl/α,β-unsaturated/α-hetero) is 1. The van der Waals surface area contributed by atoms with Crippen LogP contribution in [0.3, 0.4) is 0 Å². The molecule has 0 bridgehead atoms. The predicted molar refractivity (Wildman–Crippen MR) is 80.7 cm³/mol. The Kier molecular flexibility index (Phi) is 4.24. The van der Waals surface area contributed by atoms with Crippen LogP contribution in [0, 0.1) is 17.3 Å². The molecule has 3 rings (SSSR count). The van der Waals surface area contributed by atoms with Crippen LogP contribution in [0.15, 0.2) is 0 Å². The highest BCUT2D eigenvalue weighted by Crippen LogP contribution is 2.63. The number of aliphatic hydroxyl groups excluding tert-OH is 3. The Morgan fingerprint density at radius 1 is 1.35 bits per heavy atom. The summed E-state index contributed by atoms with van der Waals surface area (Å²) in [4.78, 5) is 24.7. The summed E-state index contributed by atoms with van der Waals surface area (Å²) < 4.78 is 5.34. The molecule has 0 aromatic heterocycles. The van der Waals surface area contributed by atoms with Crippen LogP contribution >= 0.6 is 11.6 Å². The fourth-order valence-corrected chi connectivity index (χ4v) is 5.05. The van der Waals surface area contributed by atoms with E-state index in [9.17, 15) is 24.9 Å². The Morgan fingerprint density at radius 2 is 2.04 bits per heavy atom. The molecular formula is C16H23ClO6. The smallest absolute Gasteiger partial charge is 0.319 e. The molecule has 0 radical (unpaired) electrons. The number of hydrogen-bond acceptors (Lipinski definition) is 6. The van der Waals surface area contributed by atoms with Gasteiger partial charge in [-0.2, -0.15) is 0 Å². The number of carbonyl (C=O) groups excluding carboxylic acids is 2. The number of esters is 1. The number of rotatable bonds is 4. The number of hydrogen-bond donors (Lipinski definition) is 3. The van der Waals surface area contributed by atoms with Crippen molar-refractivity contribution in [1.82, 2.24) is 0 Å². The summed E-state index contributed by atoms with van der Waals surface area (Å²) in [6, 6.07) is 0. The fraction of sp³-hybridized carbons (Fsp3) is 0.875. The molecule has 3 aliphatic rings. The van der Waals surface area contributed by atoms with Gasteiger partial charge in [0.15, 0.2) is 0 Å². The van der Waals surface area contributed by atoms with Crippen molar-refractivity contribution in [3.8, 4) is 0 Å². The van der Waals surface area contributed by atoms with E-state index in [1.807, 2.05) is 0 Å². The Hall–Kier alpha value is -0.690. The summed E-state index contributed by atoms with van der Waals surface area (Å²) >= 11 is 5.77. The van der Waals surface area contributed by atoms with Crippen molar-refractivity contribution >= 4 is 23.4 Å². The molecule has 7 atom stereocenters. The maximum atomic E-state index is 12.4. The highest BCUT2D eigenvalue weighted by Gasteiger charge is 2.79. The van der Waals surface area contributed by atoms with Gasteiger partial charge < -0.3 is 20.1 Å². The second-order valence-electron chi connectivity index (χ2n) is 7.24. The first-order chi connectivity index (χ1) is 10.8. The van der Waals surface area contributed by atoms with Gasteiger partial charge in [-0.1, -0.05) is 6.42 Å². The molecule has 3 N–H and O–H groups in total. The zero-order valence-electron chi connectivity index (χ0n) is 13.1. The number of fused-ring (bicyclic) bond motifs is 1. The van der Waals surface area contributed by atoms with Gasteiger partial charge in [0.1, 0.15) is 16.8 Å². The van der Waals surface area contributed by atoms with Crippen molar-refractivity contribution in [3.05, 3.63) is 0 Å². The Balaban J connectivity index is 1.93. The minimum Gasteiger partial charge on any atom is -0.457 e. The summed E-state index contributed by atoms with van der Waals surface area (Å²) in [6.07, 6.45) is -1.33. The maximum absolute atomic E-state index is 12.4. The Morgan fingerprint density at radius 3 is 2.65 bits per heavy atom. The predicted octanol–water partition coefficient (Wildman–Crippen LogP) is 0.389. The van der Waals surface area contributed by atoms with Crippen molar-refractivity contribution < 1.29 is 29.6 Å². The summed E-state index contributed by atoms with van der Waals surface area (Å²) in [7, 11) is 0. The van der Waals surface area contributed by atoms with Crippen LogP contribution in [0.2, 0.25) is 0 Å². The molecule has 7 heteroatoms. The molecule has 2 unspecified atom stereocenters. The zero-order chi connectivity index (χ0) is 17.0. The van der Waals surface area contributed by atoms with Crippen molar-refractivity contribution in [2.45, 2.75) is 62.9 Å². The normalized spacial score (nSPS) is 47.7. The number of ketones is 1. The molecule has 0 aromatic rings. The highest BCUT2D eigenvalue weighted by atomic mass is 35.5. The third-order valence-electron chi connectivity index (χ3n) is 6.24. The first-order valence-corrected chi connectivity index (χ1v) is 8.69. The van der Waals surface area contributed by atoms with Gasteiger partial charge in [-0.3, -0.25) is 9.59 Å². The molecule has 1 aliphatic heterocycles. The van der Waals surface area contributed by atoms with Crippen LogP contribution in [0.25, 0.3) is 0 Å². The van der Waals surface area contributed by atoms with E-state index in [2.05, 4.69) is 0 Å². The van der Waals surface area contributed by atoms with E-state index in [-0.39, 0.29) is 18.1 Å². The maximum Gasteiger partial charge on any atom is 0.319 e. The Labute approximate surface area is 139 Å². The van der Waals surface area contributed by atoms with Gasteiger partial charge in [0, 0.05) is 18.2 Å². The van der Waals surface area contributed by atoms with Crippen LogP contribution in [0.1, 0.15) is 39.0 Å². The van der Waals surface area contributed by atoms with Crippen molar-refractivity contribution in [2.24, 2.45) is 17.3 Å². The SMILES string of the molecule is C[C@@]12OC(=O)[C@]1([C@@H](O)[C@H]1CCCC(O)C1O)CC(=O)[C@@H]2CCCl. The summed E-state index contributed by atoms with van der Waals surface area (Å²) in [5, 5.41) is 31.0. The van der Waals surface area contributed by atoms with Gasteiger partial charge in [0.25, 0.3) is 0 Å². The van der Waals surface area contributed by atoms with Crippen LogP contribution in [0.4, 0.5) is 0 Å². The van der Waals surface area contributed by atoms with Crippen LogP contribution in [-0.2, 0) is 14.3 Å². The summed E-state index contributed by atoms with van der Waals surface area (Å²) in [6.45, 7) is 1.67. The lowest BCUT2D eigenvalue weighted by Crippen LogP contribution is -2.71. The molecular weight excluding hydrogens is 324 g/mol. The average molecular weight is 347 g/mol. The van der Waals surface area contributed by atoms with Crippen molar-refractivity contribution in [3.63, 3.8) is 0 Å². The van der Waals surface area contributed by atoms with E-state index in [0.717, 1.165) is 0 Å². The number of halogens is 1. The van der Waals surface area contributed by atoms with E-state index < -0.39 is 47.1 Å². The van der Waals surface area contributed by atoms with Gasteiger partial charge in [0.2, 0.25) is 0 Å². The molecule has 3 fully saturated rings. The van der Waals surface area contributed by atoms with Crippen molar-refractivity contribution in [1.29, 1.82) is 0 Å². The van der Waals surface area contributed by atoms with E-state index in [4.69, 9.17) is 16.3 Å². The lowest BCUT2D eigenvalue weighted by Gasteiger charge is -2.56. The van der Waals surface area contributed by atoms with E-state index in [1.165, 1.54) is 0 Å².